The Morgan fingerprint density at radius 1 is 0.688 bits per heavy atom. The molecule has 10 heteroatoms. The van der Waals surface area contributed by atoms with Crippen LogP contribution in [0.5, 0.6) is 0 Å². The fraction of sp³-hybridized carbons (Fsp3) is 0. The number of benzene rings is 1. The summed E-state index contributed by atoms with van der Waals surface area (Å²) in [5.74, 6) is -7.73. The molecule has 0 aliphatic rings. The van der Waals surface area contributed by atoms with E-state index in [0.29, 0.717) is 0 Å². The van der Waals surface area contributed by atoms with E-state index in [1.165, 1.54) is 0 Å². The number of nitrogens with zero attached hydrogens (tertiary/aromatic N) is 6. The van der Waals surface area contributed by atoms with E-state index in [2.05, 4.69) is 10.2 Å². The van der Waals surface area contributed by atoms with Gasteiger partial charge in [-0.3, -0.25) is 0 Å². The van der Waals surface area contributed by atoms with Gasteiger partial charge in [0.05, 0.1) is 0 Å². The zero-order valence-corrected chi connectivity index (χ0v) is 7.20. The summed E-state index contributed by atoms with van der Waals surface area (Å²) in [6.45, 7) is 0. The molecule has 6 nitrogen and oxygen atoms in total. The Kier molecular flexibility index (Phi) is 3.19. The number of rotatable bonds is 2. The van der Waals surface area contributed by atoms with Crippen molar-refractivity contribution < 1.29 is 17.6 Å². The summed E-state index contributed by atoms with van der Waals surface area (Å²) in [7, 11) is 0. The first-order valence-electron chi connectivity index (χ1n) is 3.50. The fourth-order valence-electron chi connectivity index (χ4n) is 0.874. The summed E-state index contributed by atoms with van der Waals surface area (Å²) < 4.78 is 51.9. The third-order valence-electron chi connectivity index (χ3n) is 1.51. The molecule has 0 spiro atoms. The van der Waals surface area contributed by atoms with Crippen LogP contribution in [0.3, 0.4) is 0 Å². The summed E-state index contributed by atoms with van der Waals surface area (Å²) in [4.78, 5) is 3.99. The van der Waals surface area contributed by atoms with E-state index in [-0.39, 0.29) is 0 Å². The van der Waals surface area contributed by atoms with Crippen molar-refractivity contribution in [1.29, 1.82) is 0 Å². The van der Waals surface area contributed by atoms with E-state index in [1.807, 2.05) is 9.82 Å². The number of azide groups is 2. The zero-order valence-electron chi connectivity index (χ0n) is 7.20. The molecule has 0 fully saturated rings. The van der Waals surface area contributed by atoms with Crippen molar-refractivity contribution in [1.82, 2.24) is 0 Å². The van der Waals surface area contributed by atoms with Crippen LogP contribution in [0.1, 0.15) is 0 Å². The van der Waals surface area contributed by atoms with Gasteiger partial charge >= 0.3 is 0 Å². The van der Waals surface area contributed by atoms with Crippen LogP contribution in [0.2, 0.25) is 0 Å². The fourth-order valence-corrected chi connectivity index (χ4v) is 0.874. The SMILES string of the molecule is [N-]=[N+]=Nc1c(F)c(F)c(N=[N+]=[N-])c(F)c1F. The first-order valence-corrected chi connectivity index (χ1v) is 3.50. The standard InChI is InChI=1S/C6F4N6/c7-1-2(8)6(14-16-12)4(10)3(9)5(1)13-15-11. The Morgan fingerprint density at radius 2 is 0.938 bits per heavy atom. The lowest BCUT2D eigenvalue weighted by molar-refractivity contribution is 0.460. The van der Waals surface area contributed by atoms with Crippen LogP contribution in [0.25, 0.3) is 20.9 Å². The molecule has 1 aromatic carbocycles. The molecule has 0 atom stereocenters. The molecule has 0 bridgehead atoms. The highest BCUT2D eigenvalue weighted by Crippen LogP contribution is 2.34. The monoisotopic (exact) mass is 232 g/mol. The number of hydrogen-bond donors (Lipinski definition) is 0. The van der Waals surface area contributed by atoms with Gasteiger partial charge in [0.15, 0.2) is 23.3 Å². The minimum Gasteiger partial charge on any atom is -0.203 e. The number of hydrogen-bond acceptors (Lipinski definition) is 2. The lowest BCUT2D eigenvalue weighted by atomic mass is 10.2. The second-order valence-electron chi connectivity index (χ2n) is 2.33. The Balaban J connectivity index is 3.75. The van der Waals surface area contributed by atoms with Gasteiger partial charge in [-0.2, -0.15) is 0 Å². The molecule has 0 aliphatic carbocycles. The number of halogens is 4. The van der Waals surface area contributed by atoms with Crippen molar-refractivity contribution in [3.63, 3.8) is 0 Å². The van der Waals surface area contributed by atoms with Crippen LogP contribution in [-0.2, 0) is 0 Å². The molecule has 0 aromatic heterocycles. The Morgan fingerprint density at radius 3 is 1.12 bits per heavy atom. The predicted octanol–water partition coefficient (Wildman–Crippen LogP) is 4.13. The summed E-state index contributed by atoms with van der Waals surface area (Å²) in [5, 5.41) is 4.89. The molecule has 0 saturated carbocycles. The van der Waals surface area contributed by atoms with Crippen molar-refractivity contribution in [2.24, 2.45) is 10.2 Å². The smallest absolute Gasteiger partial charge is 0.172 e. The molecule has 16 heavy (non-hydrogen) atoms. The summed E-state index contributed by atoms with van der Waals surface area (Å²) in [6, 6.07) is 0. The maximum absolute atomic E-state index is 13.0. The molecule has 0 saturated heterocycles. The van der Waals surface area contributed by atoms with Gasteiger partial charge in [-0.05, 0) is 11.1 Å². The lowest BCUT2D eigenvalue weighted by Gasteiger charge is -2.04. The van der Waals surface area contributed by atoms with E-state index < -0.39 is 34.6 Å². The molecular formula is C6F4N6. The summed E-state index contributed by atoms with van der Waals surface area (Å²) in [6.07, 6.45) is 0. The average molecular weight is 232 g/mol. The van der Waals surface area contributed by atoms with Gasteiger partial charge in [-0.15, -0.1) is 0 Å². The van der Waals surface area contributed by atoms with E-state index in [0.717, 1.165) is 0 Å². The van der Waals surface area contributed by atoms with Crippen molar-refractivity contribution in [2.75, 3.05) is 0 Å². The van der Waals surface area contributed by atoms with E-state index in [1.54, 1.807) is 0 Å². The second kappa shape index (κ2) is 4.39. The van der Waals surface area contributed by atoms with Gasteiger partial charge < -0.3 is 0 Å². The largest absolute Gasteiger partial charge is 0.203 e. The van der Waals surface area contributed by atoms with Crippen LogP contribution in [0.15, 0.2) is 10.2 Å². The Bertz CT molecular complexity index is 464. The van der Waals surface area contributed by atoms with Crippen molar-refractivity contribution >= 4 is 11.4 Å². The average Bonchev–Trinajstić information content (AvgIpc) is 2.28. The van der Waals surface area contributed by atoms with E-state index in [4.69, 9.17) is 11.1 Å². The predicted molar refractivity (Wildman–Crippen MR) is 43.9 cm³/mol. The first kappa shape index (κ1) is 11.6. The summed E-state index contributed by atoms with van der Waals surface area (Å²) >= 11 is 0. The maximum atomic E-state index is 13.0. The molecular weight excluding hydrogens is 232 g/mol. The molecule has 1 rings (SSSR count). The minimum absolute atomic E-state index is 1.46. The van der Waals surface area contributed by atoms with Crippen molar-refractivity contribution in [3.05, 3.63) is 44.2 Å². The van der Waals surface area contributed by atoms with Gasteiger partial charge in [0.1, 0.15) is 11.4 Å². The normalized spacial score (nSPS) is 9.25. The highest BCUT2D eigenvalue weighted by Gasteiger charge is 2.23. The molecule has 82 valence electrons. The van der Waals surface area contributed by atoms with Gasteiger partial charge in [-0.25, -0.2) is 17.6 Å². The maximum Gasteiger partial charge on any atom is 0.172 e. The lowest BCUT2D eigenvalue weighted by Crippen LogP contribution is -1.95. The van der Waals surface area contributed by atoms with Gasteiger partial charge in [0, 0.05) is 9.82 Å². The van der Waals surface area contributed by atoms with Gasteiger partial charge in [0.25, 0.3) is 0 Å². The molecule has 0 N–H and O–H groups in total. The molecule has 0 aliphatic heterocycles. The van der Waals surface area contributed by atoms with Gasteiger partial charge in [-0.1, -0.05) is 10.2 Å². The van der Waals surface area contributed by atoms with Crippen LogP contribution < -0.4 is 0 Å². The highest BCUT2D eigenvalue weighted by atomic mass is 19.2. The molecule has 0 heterocycles. The Labute approximate surface area is 84.4 Å². The second-order valence-corrected chi connectivity index (χ2v) is 2.33. The quantitative estimate of drug-likeness (QED) is 0.241. The van der Waals surface area contributed by atoms with Crippen molar-refractivity contribution in [2.45, 2.75) is 0 Å². The van der Waals surface area contributed by atoms with Crippen molar-refractivity contribution in [3.8, 4) is 0 Å². The summed E-state index contributed by atoms with van der Waals surface area (Å²) in [5.41, 5.74) is 12.9. The molecule has 1 aromatic rings. The van der Waals surface area contributed by atoms with Crippen LogP contribution in [0.4, 0.5) is 28.9 Å². The first-order chi connectivity index (χ1) is 7.54. The van der Waals surface area contributed by atoms with Crippen LogP contribution >= 0.6 is 0 Å². The molecule has 0 amide bonds. The van der Waals surface area contributed by atoms with Crippen LogP contribution in [0, 0.1) is 23.3 Å². The van der Waals surface area contributed by atoms with E-state index in [9.17, 15) is 17.6 Å². The molecule has 0 unspecified atom stereocenters. The third kappa shape index (κ3) is 1.70. The highest BCUT2D eigenvalue weighted by molar-refractivity contribution is 5.52. The Hall–Kier alpha value is -2.44. The topological polar surface area (TPSA) is 97.5 Å². The van der Waals surface area contributed by atoms with E-state index >= 15 is 0 Å². The van der Waals surface area contributed by atoms with Gasteiger partial charge in [0.2, 0.25) is 0 Å². The zero-order chi connectivity index (χ0) is 12.3. The van der Waals surface area contributed by atoms with Crippen LogP contribution in [-0.4, -0.2) is 0 Å². The minimum atomic E-state index is -1.93. The third-order valence-corrected chi connectivity index (χ3v) is 1.51. The molecule has 0 radical (unpaired) electrons.